The minimum absolute atomic E-state index is 0.105. The summed E-state index contributed by atoms with van der Waals surface area (Å²) in [6.07, 6.45) is 1.93. The third-order valence-electron chi connectivity index (χ3n) is 4.50. The van der Waals surface area contributed by atoms with E-state index in [0.717, 1.165) is 24.2 Å². The van der Waals surface area contributed by atoms with Crippen LogP contribution in [-0.2, 0) is 0 Å². The molecule has 0 saturated heterocycles. The zero-order chi connectivity index (χ0) is 17.3. The van der Waals surface area contributed by atoms with Crippen LogP contribution in [-0.4, -0.2) is 34.1 Å². The maximum Gasteiger partial charge on any atom is 0.320 e. The van der Waals surface area contributed by atoms with Gasteiger partial charge in [-0.15, -0.1) is 5.10 Å². The van der Waals surface area contributed by atoms with E-state index in [1.165, 1.54) is 11.1 Å². The van der Waals surface area contributed by atoms with Crippen molar-refractivity contribution in [1.29, 1.82) is 0 Å². The average Bonchev–Trinajstić information content (AvgIpc) is 3.21. The van der Waals surface area contributed by atoms with Gasteiger partial charge < -0.3 is 10.4 Å². The number of nitrogens with zero attached hydrogens (tertiary/aromatic N) is 2. The van der Waals surface area contributed by atoms with E-state index in [0.29, 0.717) is 12.4 Å². The maximum atomic E-state index is 12.0. The van der Waals surface area contributed by atoms with E-state index in [2.05, 4.69) is 47.8 Å². The predicted molar refractivity (Wildman–Crippen MR) is 93.5 cm³/mol. The van der Waals surface area contributed by atoms with Gasteiger partial charge in [0.25, 0.3) is 0 Å². The van der Waals surface area contributed by atoms with Crippen molar-refractivity contribution in [2.45, 2.75) is 33.6 Å². The van der Waals surface area contributed by atoms with Crippen molar-refractivity contribution < 1.29 is 9.90 Å². The van der Waals surface area contributed by atoms with E-state index < -0.39 is 0 Å². The molecule has 1 aromatic carbocycles. The number of hydrogen-bond acceptors (Lipinski definition) is 3. The molecule has 0 bridgehead atoms. The number of aryl methyl sites for hydroxylation is 3. The van der Waals surface area contributed by atoms with E-state index in [-0.39, 0.29) is 18.1 Å². The molecule has 1 fully saturated rings. The Labute approximate surface area is 141 Å². The number of nitrogens with one attached hydrogen (secondary N) is 2. The fourth-order valence-corrected chi connectivity index (χ4v) is 2.87. The van der Waals surface area contributed by atoms with E-state index in [4.69, 9.17) is 0 Å². The Balaban J connectivity index is 1.68. The number of hydrogen-bond donors (Lipinski definition) is 3. The second-order valence-electron chi connectivity index (χ2n) is 6.89. The van der Waals surface area contributed by atoms with Crippen LogP contribution in [0.4, 0.5) is 10.6 Å². The lowest BCUT2D eigenvalue weighted by Gasteiger charge is -2.12. The fourth-order valence-electron chi connectivity index (χ4n) is 2.87. The number of rotatable bonds is 5. The lowest BCUT2D eigenvalue weighted by Crippen LogP contribution is -2.35. The molecule has 1 saturated carbocycles. The van der Waals surface area contributed by atoms with Crippen molar-refractivity contribution in [1.82, 2.24) is 15.1 Å². The zero-order valence-corrected chi connectivity index (χ0v) is 14.4. The largest absolute Gasteiger partial charge is 0.396 e. The first kappa shape index (κ1) is 16.5. The molecule has 6 nitrogen and oxygen atoms in total. The summed E-state index contributed by atoms with van der Waals surface area (Å²) in [5.41, 5.74) is 4.17. The molecule has 24 heavy (non-hydrogen) atoms. The molecule has 0 radical (unpaired) electrons. The molecular formula is C18H24N4O2. The van der Waals surface area contributed by atoms with Crippen molar-refractivity contribution in [3.63, 3.8) is 0 Å². The first-order valence-electron chi connectivity index (χ1n) is 8.22. The summed E-state index contributed by atoms with van der Waals surface area (Å²) in [4.78, 5) is 12.0. The number of amides is 2. The second-order valence-corrected chi connectivity index (χ2v) is 6.89. The topological polar surface area (TPSA) is 79.2 Å². The van der Waals surface area contributed by atoms with Crippen molar-refractivity contribution >= 4 is 11.8 Å². The van der Waals surface area contributed by atoms with Gasteiger partial charge in [-0.05, 0) is 56.9 Å². The van der Waals surface area contributed by atoms with E-state index in [1.807, 2.05) is 17.7 Å². The lowest BCUT2D eigenvalue weighted by molar-refractivity contribution is 0.206. The highest BCUT2D eigenvalue weighted by Gasteiger charge is 2.42. The average molecular weight is 328 g/mol. The quantitative estimate of drug-likeness (QED) is 0.789. The lowest BCUT2D eigenvalue weighted by atomic mass is 10.1. The number of anilines is 1. The van der Waals surface area contributed by atoms with Crippen molar-refractivity contribution in [2.24, 2.45) is 5.41 Å². The van der Waals surface area contributed by atoms with Gasteiger partial charge in [0.15, 0.2) is 5.82 Å². The Morgan fingerprint density at radius 1 is 1.21 bits per heavy atom. The van der Waals surface area contributed by atoms with Crippen LogP contribution < -0.4 is 10.6 Å². The van der Waals surface area contributed by atoms with E-state index in [9.17, 15) is 9.90 Å². The molecule has 2 aromatic rings. The number of carbonyl (C=O) groups is 1. The number of urea groups is 1. The third-order valence-corrected chi connectivity index (χ3v) is 4.50. The van der Waals surface area contributed by atoms with Gasteiger partial charge in [0.2, 0.25) is 0 Å². The molecule has 6 heteroatoms. The van der Waals surface area contributed by atoms with Crippen LogP contribution in [0.2, 0.25) is 0 Å². The molecule has 0 atom stereocenters. The van der Waals surface area contributed by atoms with Gasteiger partial charge in [0, 0.05) is 23.7 Å². The Kier molecular flexibility index (Phi) is 4.32. The van der Waals surface area contributed by atoms with Crippen LogP contribution in [0.1, 0.15) is 29.7 Å². The molecule has 2 amide bonds. The van der Waals surface area contributed by atoms with Gasteiger partial charge in [-0.3, -0.25) is 5.32 Å². The molecule has 128 valence electrons. The Bertz CT molecular complexity index is 742. The summed E-state index contributed by atoms with van der Waals surface area (Å²) >= 11 is 0. The smallest absolute Gasteiger partial charge is 0.320 e. The van der Waals surface area contributed by atoms with Gasteiger partial charge in [0.1, 0.15) is 0 Å². The fraction of sp³-hybridized carbons (Fsp3) is 0.444. The summed E-state index contributed by atoms with van der Waals surface area (Å²) in [5, 5.41) is 19.3. The standard InChI is InChI=1S/C18H24N4O2/c1-12-6-13(2)8-15(7-12)22-14(3)9-16(21-22)20-17(24)19-10-18(11-23)4-5-18/h6-9,23H,4-5,10-11H2,1-3H3,(H2,19,20,21,24). The highest BCUT2D eigenvalue weighted by atomic mass is 16.3. The van der Waals surface area contributed by atoms with E-state index >= 15 is 0 Å². The van der Waals surface area contributed by atoms with Gasteiger partial charge in [-0.2, -0.15) is 0 Å². The van der Waals surface area contributed by atoms with Crippen LogP contribution in [0.5, 0.6) is 0 Å². The van der Waals surface area contributed by atoms with Crippen LogP contribution in [0, 0.1) is 26.2 Å². The Hall–Kier alpha value is -2.34. The molecule has 0 spiro atoms. The normalized spacial score (nSPS) is 15.2. The summed E-state index contributed by atoms with van der Waals surface area (Å²) in [5.74, 6) is 0.512. The van der Waals surface area contributed by atoms with Crippen molar-refractivity contribution in [3.05, 3.63) is 41.1 Å². The number of aliphatic hydroxyl groups excluding tert-OH is 1. The van der Waals surface area contributed by atoms with Crippen LogP contribution in [0.3, 0.4) is 0 Å². The Morgan fingerprint density at radius 3 is 2.46 bits per heavy atom. The first-order valence-corrected chi connectivity index (χ1v) is 8.22. The number of aromatic nitrogens is 2. The van der Waals surface area contributed by atoms with Crippen LogP contribution in [0.25, 0.3) is 5.69 Å². The van der Waals surface area contributed by atoms with Gasteiger partial charge >= 0.3 is 6.03 Å². The summed E-state index contributed by atoms with van der Waals surface area (Å²) in [6, 6.07) is 7.80. The first-order chi connectivity index (χ1) is 11.4. The maximum absolute atomic E-state index is 12.0. The predicted octanol–water partition coefficient (Wildman–Crippen LogP) is 2.69. The minimum Gasteiger partial charge on any atom is -0.396 e. The molecule has 1 aromatic heterocycles. The summed E-state index contributed by atoms with van der Waals surface area (Å²) < 4.78 is 1.83. The molecule has 0 unspecified atom stereocenters. The third kappa shape index (κ3) is 3.59. The molecule has 3 N–H and O–H groups in total. The highest BCUT2D eigenvalue weighted by Crippen LogP contribution is 2.44. The molecule has 1 aliphatic carbocycles. The van der Waals surface area contributed by atoms with Gasteiger partial charge in [-0.1, -0.05) is 6.07 Å². The molecule has 1 aliphatic rings. The van der Waals surface area contributed by atoms with Gasteiger partial charge in [0.05, 0.1) is 12.3 Å². The second kappa shape index (κ2) is 6.28. The SMILES string of the molecule is Cc1cc(C)cc(-n2nc(NC(=O)NCC3(CO)CC3)cc2C)c1. The van der Waals surface area contributed by atoms with Crippen molar-refractivity contribution in [3.8, 4) is 5.69 Å². The monoisotopic (exact) mass is 328 g/mol. The van der Waals surface area contributed by atoms with Crippen LogP contribution >= 0.6 is 0 Å². The zero-order valence-electron chi connectivity index (χ0n) is 14.4. The molecule has 1 heterocycles. The van der Waals surface area contributed by atoms with E-state index in [1.54, 1.807) is 0 Å². The summed E-state index contributed by atoms with van der Waals surface area (Å²) in [6.45, 7) is 6.67. The molecular weight excluding hydrogens is 304 g/mol. The summed E-state index contributed by atoms with van der Waals surface area (Å²) in [7, 11) is 0. The number of benzene rings is 1. The Morgan fingerprint density at radius 2 is 1.88 bits per heavy atom. The highest BCUT2D eigenvalue weighted by molar-refractivity contribution is 5.88. The van der Waals surface area contributed by atoms with Crippen LogP contribution in [0.15, 0.2) is 24.3 Å². The van der Waals surface area contributed by atoms with Crippen molar-refractivity contribution in [2.75, 3.05) is 18.5 Å². The number of carbonyl (C=O) groups excluding carboxylic acids is 1. The van der Waals surface area contributed by atoms with Gasteiger partial charge in [-0.25, -0.2) is 9.48 Å². The minimum atomic E-state index is -0.292. The molecule has 0 aliphatic heterocycles. The molecule has 3 rings (SSSR count). The number of aliphatic hydroxyl groups is 1.